The van der Waals surface area contributed by atoms with Crippen LogP contribution in [0.2, 0.25) is 0 Å². The maximum absolute atomic E-state index is 6.18. The van der Waals surface area contributed by atoms with Crippen LogP contribution in [0.25, 0.3) is 0 Å². The van der Waals surface area contributed by atoms with E-state index in [0.717, 1.165) is 12.6 Å². The van der Waals surface area contributed by atoms with Crippen LogP contribution in [-0.4, -0.2) is 55.1 Å². The van der Waals surface area contributed by atoms with Gasteiger partial charge in [-0.3, -0.25) is 4.90 Å². The van der Waals surface area contributed by atoms with E-state index in [9.17, 15) is 0 Å². The van der Waals surface area contributed by atoms with Crippen molar-refractivity contribution in [2.24, 2.45) is 11.1 Å². The lowest BCUT2D eigenvalue weighted by Crippen LogP contribution is -2.57. The minimum absolute atomic E-state index is 0.263. The summed E-state index contributed by atoms with van der Waals surface area (Å²) in [6.07, 6.45) is 7.88. The highest BCUT2D eigenvalue weighted by molar-refractivity contribution is 4.98. The number of hydrogen-bond acceptors (Lipinski definition) is 3. The second-order valence-electron chi connectivity index (χ2n) is 7.75. The molecule has 0 amide bonds. The molecule has 0 aromatic rings. The monoisotopic (exact) mass is 267 g/mol. The maximum atomic E-state index is 6.18. The van der Waals surface area contributed by atoms with Crippen LogP contribution < -0.4 is 5.73 Å². The average Bonchev–Trinajstić information content (AvgIpc) is 2.76. The zero-order valence-electron chi connectivity index (χ0n) is 13.4. The third-order valence-corrected chi connectivity index (χ3v) is 5.88. The van der Waals surface area contributed by atoms with Gasteiger partial charge in [0.2, 0.25) is 0 Å². The summed E-state index contributed by atoms with van der Waals surface area (Å²) in [5.74, 6) is 0. The van der Waals surface area contributed by atoms with Crippen molar-refractivity contribution in [2.45, 2.75) is 64.0 Å². The van der Waals surface area contributed by atoms with E-state index < -0.39 is 0 Å². The van der Waals surface area contributed by atoms with Gasteiger partial charge in [-0.25, -0.2) is 0 Å². The van der Waals surface area contributed by atoms with Crippen molar-refractivity contribution in [1.29, 1.82) is 0 Å². The molecule has 0 bridgehead atoms. The molecule has 19 heavy (non-hydrogen) atoms. The molecular formula is C16H33N3. The molecule has 0 radical (unpaired) electrons. The Labute approximate surface area is 119 Å². The second-order valence-corrected chi connectivity index (χ2v) is 7.75. The first-order valence-corrected chi connectivity index (χ1v) is 8.00. The molecule has 2 rings (SSSR count). The highest BCUT2D eigenvalue weighted by atomic mass is 15.2. The van der Waals surface area contributed by atoms with E-state index in [4.69, 9.17) is 5.73 Å². The predicted molar refractivity (Wildman–Crippen MR) is 82.3 cm³/mol. The lowest BCUT2D eigenvalue weighted by Gasteiger charge is -2.49. The summed E-state index contributed by atoms with van der Waals surface area (Å²) in [6.45, 7) is 8.07. The van der Waals surface area contributed by atoms with Gasteiger partial charge in [-0.05, 0) is 64.6 Å². The first-order chi connectivity index (χ1) is 8.88. The molecule has 3 nitrogen and oxygen atoms in total. The van der Waals surface area contributed by atoms with Crippen LogP contribution in [0.1, 0.15) is 52.4 Å². The molecule has 3 heteroatoms. The van der Waals surface area contributed by atoms with E-state index in [1.54, 1.807) is 0 Å². The Balaban J connectivity index is 1.97. The van der Waals surface area contributed by atoms with Crippen LogP contribution in [0.5, 0.6) is 0 Å². The van der Waals surface area contributed by atoms with Crippen molar-refractivity contribution in [1.82, 2.24) is 9.80 Å². The van der Waals surface area contributed by atoms with Crippen LogP contribution in [0.3, 0.4) is 0 Å². The molecular weight excluding hydrogens is 234 g/mol. The van der Waals surface area contributed by atoms with Crippen molar-refractivity contribution in [3.05, 3.63) is 0 Å². The van der Waals surface area contributed by atoms with Crippen molar-refractivity contribution < 1.29 is 0 Å². The number of likely N-dealkylation sites (N-methyl/N-ethyl adjacent to an activating group) is 2. The van der Waals surface area contributed by atoms with Crippen molar-refractivity contribution in [3.63, 3.8) is 0 Å². The van der Waals surface area contributed by atoms with E-state index in [2.05, 4.69) is 37.7 Å². The van der Waals surface area contributed by atoms with Crippen LogP contribution in [0.15, 0.2) is 0 Å². The quantitative estimate of drug-likeness (QED) is 0.848. The van der Waals surface area contributed by atoms with E-state index in [0.29, 0.717) is 5.41 Å². The molecule has 1 atom stereocenters. The van der Waals surface area contributed by atoms with Crippen molar-refractivity contribution in [2.75, 3.05) is 33.7 Å². The lowest BCUT2D eigenvalue weighted by atomic mass is 9.68. The van der Waals surface area contributed by atoms with Gasteiger partial charge in [0.1, 0.15) is 0 Å². The van der Waals surface area contributed by atoms with Gasteiger partial charge in [-0.1, -0.05) is 13.8 Å². The Morgan fingerprint density at radius 2 is 1.84 bits per heavy atom. The van der Waals surface area contributed by atoms with Crippen LogP contribution in [-0.2, 0) is 0 Å². The summed E-state index contributed by atoms with van der Waals surface area (Å²) >= 11 is 0. The van der Waals surface area contributed by atoms with E-state index in [1.165, 1.54) is 51.6 Å². The zero-order chi connectivity index (χ0) is 14.1. The zero-order valence-corrected chi connectivity index (χ0v) is 13.4. The smallest absolute Gasteiger partial charge is 0.0329 e. The Kier molecular flexibility index (Phi) is 4.59. The Bertz CT molecular complexity index is 290. The van der Waals surface area contributed by atoms with Gasteiger partial charge < -0.3 is 10.6 Å². The molecule has 0 aromatic carbocycles. The first-order valence-electron chi connectivity index (χ1n) is 8.00. The van der Waals surface area contributed by atoms with Gasteiger partial charge in [0, 0.05) is 24.7 Å². The van der Waals surface area contributed by atoms with Crippen molar-refractivity contribution in [3.8, 4) is 0 Å². The molecule has 1 unspecified atom stereocenters. The molecule has 1 saturated heterocycles. The summed E-state index contributed by atoms with van der Waals surface area (Å²) in [4.78, 5) is 5.11. The molecule has 1 aliphatic heterocycles. The van der Waals surface area contributed by atoms with E-state index in [-0.39, 0.29) is 5.54 Å². The SMILES string of the molecule is CN1CCCC1CN(C)C1(CN)CCC(C)(C)CC1. The predicted octanol–water partition coefficient (Wildman–Crippen LogP) is 2.31. The fraction of sp³-hybridized carbons (Fsp3) is 1.00. The topological polar surface area (TPSA) is 32.5 Å². The number of likely N-dealkylation sites (tertiary alicyclic amines) is 1. The van der Waals surface area contributed by atoms with E-state index in [1.807, 2.05) is 0 Å². The normalized spacial score (nSPS) is 30.9. The highest BCUT2D eigenvalue weighted by Crippen LogP contribution is 2.42. The molecule has 2 aliphatic rings. The molecule has 1 heterocycles. The van der Waals surface area contributed by atoms with Crippen LogP contribution in [0, 0.1) is 5.41 Å². The Morgan fingerprint density at radius 1 is 1.21 bits per heavy atom. The summed E-state index contributed by atoms with van der Waals surface area (Å²) in [6, 6.07) is 0.739. The largest absolute Gasteiger partial charge is 0.329 e. The molecule has 2 N–H and O–H groups in total. The number of rotatable bonds is 4. The molecule has 2 fully saturated rings. The van der Waals surface area contributed by atoms with Gasteiger partial charge in [0.05, 0.1) is 0 Å². The van der Waals surface area contributed by atoms with Gasteiger partial charge in [0.15, 0.2) is 0 Å². The summed E-state index contributed by atoms with van der Waals surface area (Å²) < 4.78 is 0. The Morgan fingerprint density at radius 3 is 2.32 bits per heavy atom. The molecule has 0 spiro atoms. The maximum Gasteiger partial charge on any atom is 0.0329 e. The molecule has 112 valence electrons. The highest BCUT2D eigenvalue weighted by Gasteiger charge is 2.41. The summed E-state index contributed by atoms with van der Waals surface area (Å²) in [5.41, 5.74) is 6.96. The van der Waals surface area contributed by atoms with Gasteiger partial charge in [-0.2, -0.15) is 0 Å². The Hall–Kier alpha value is -0.120. The minimum atomic E-state index is 0.263. The molecule has 0 aromatic heterocycles. The average molecular weight is 267 g/mol. The van der Waals surface area contributed by atoms with Crippen LogP contribution in [0.4, 0.5) is 0 Å². The second kappa shape index (κ2) is 5.71. The van der Waals surface area contributed by atoms with Gasteiger partial charge in [-0.15, -0.1) is 0 Å². The number of hydrogen-bond donors (Lipinski definition) is 1. The number of nitrogens with zero attached hydrogens (tertiary/aromatic N) is 2. The first kappa shape index (κ1) is 15.3. The third kappa shape index (κ3) is 3.32. The third-order valence-electron chi connectivity index (χ3n) is 5.88. The van der Waals surface area contributed by atoms with Crippen LogP contribution >= 0.6 is 0 Å². The molecule has 1 saturated carbocycles. The van der Waals surface area contributed by atoms with Gasteiger partial charge in [0.25, 0.3) is 0 Å². The summed E-state index contributed by atoms with van der Waals surface area (Å²) in [5, 5.41) is 0. The number of nitrogens with two attached hydrogens (primary N) is 1. The molecule has 1 aliphatic carbocycles. The van der Waals surface area contributed by atoms with Gasteiger partial charge >= 0.3 is 0 Å². The summed E-state index contributed by atoms with van der Waals surface area (Å²) in [7, 11) is 4.57. The standard InChI is InChI=1S/C16H33N3/c1-15(2)7-9-16(13-17,10-8-15)19(4)12-14-6-5-11-18(14)3/h14H,5-13,17H2,1-4H3. The van der Waals surface area contributed by atoms with Crippen molar-refractivity contribution >= 4 is 0 Å². The minimum Gasteiger partial charge on any atom is -0.329 e. The lowest BCUT2D eigenvalue weighted by molar-refractivity contribution is 0.0286. The fourth-order valence-corrected chi connectivity index (χ4v) is 3.85. The van der Waals surface area contributed by atoms with E-state index >= 15 is 0 Å². The fourth-order valence-electron chi connectivity index (χ4n) is 3.85.